The van der Waals surface area contributed by atoms with E-state index in [1.54, 1.807) is 0 Å². The molecule has 0 aliphatic rings. The van der Waals surface area contributed by atoms with Crippen molar-refractivity contribution in [2.24, 2.45) is 0 Å². The molecule has 1 aromatic heterocycles. The van der Waals surface area contributed by atoms with Gasteiger partial charge in [-0.05, 0) is 23.8 Å². The maximum absolute atomic E-state index is 13.1. The number of halogens is 10. The fraction of sp³-hybridized carbons (Fsp3) is 0.412. The summed E-state index contributed by atoms with van der Waals surface area (Å²) in [6.07, 6.45) is -16.0. The van der Waals surface area contributed by atoms with Crippen molar-refractivity contribution in [2.45, 2.75) is 37.2 Å². The van der Waals surface area contributed by atoms with Crippen molar-refractivity contribution in [3.63, 3.8) is 0 Å². The molecule has 0 spiro atoms. The molecule has 0 saturated carbocycles. The van der Waals surface area contributed by atoms with Crippen molar-refractivity contribution in [1.29, 1.82) is 0 Å². The fourth-order valence-corrected chi connectivity index (χ4v) is 3.10. The minimum absolute atomic E-state index is 0.0208. The van der Waals surface area contributed by atoms with Crippen molar-refractivity contribution in [1.82, 2.24) is 9.97 Å². The Bertz CT molecular complexity index is 851. The number of benzene rings is 1. The molecule has 0 saturated heterocycles. The van der Waals surface area contributed by atoms with E-state index >= 15 is 0 Å². The zero-order valence-electron chi connectivity index (χ0n) is 15.2. The average Bonchev–Trinajstić information content (AvgIpc) is 2.67. The van der Waals surface area contributed by atoms with Gasteiger partial charge < -0.3 is 7.80 Å². The van der Waals surface area contributed by atoms with Gasteiger partial charge in [-0.2, -0.15) is 39.5 Å². The van der Waals surface area contributed by atoms with Crippen LogP contribution in [0.4, 0.5) is 39.5 Å². The van der Waals surface area contributed by atoms with E-state index in [1.165, 1.54) is 23.0 Å². The molecular formula is C17H12F9IN2O2. The normalized spacial score (nSPS) is 15.1. The van der Waals surface area contributed by atoms with Gasteiger partial charge in [-0.15, -0.1) is 0 Å². The van der Waals surface area contributed by atoms with Crippen LogP contribution >= 0.6 is 23.0 Å². The van der Waals surface area contributed by atoms with Crippen LogP contribution in [0.25, 0.3) is 0 Å². The Kier molecular flexibility index (Phi) is 7.79. The second-order valence-corrected chi connectivity index (χ2v) is 6.72. The first-order chi connectivity index (χ1) is 14.2. The van der Waals surface area contributed by atoms with Gasteiger partial charge in [0.05, 0.1) is 17.2 Å². The minimum Gasteiger partial charge on any atom is -0.377 e. The average molecular weight is 574 g/mol. The summed E-state index contributed by atoms with van der Waals surface area (Å²) in [7, 11) is 1.06. The lowest BCUT2D eigenvalue weighted by Gasteiger charge is -2.23. The van der Waals surface area contributed by atoms with Crippen LogP contribution in [0.2, 0.25) is 0 Å². The molecule has 2 rings (SSSR count). The number of aromatic nitrogens is 2. The number of nitrogens with zero attached hydrogens (tertiary/aromatic N) is 2. The molecule has 0 bridgehead atoms. The first-order valence-corrected chi connectivity index (χ1v) is 9.03. The molecule has 0 amide bonds. The molecular weight excluding hydrogens is 562 g/mol. The molecule has 2 atom stereocenters. The third-order valence-electron chi connectivity index (χ3n) is 4.10. The monoisotopic (exact) mass is 574 g/mol. The molecule has 2 unspecified atom stereocenters. The third kappa shape index (κ3) is 6.65. The summed E-state index contributed by atoms with van der Waals surface area (Å²) in [4.78, 5) is 6.32. The Morgan fingerprint density at radius 1 is 0.774 bits per heavy atom. The zero-order chi connectivity index (χ0) is 23.6. The lowest BCUT2D eigenvalue weighted by molar-refractivity contribution is -0.145. The topological polar surface area (TPSA) is 44.2 Å². The van der Waals surface area contributed by atoms with E-state index in [0.717, 1.165) is 19.5 Å². The maximum atomic E-state index is 13.1. The molecule has 4 nitrogen and oxygen atoms in total. The zero-order valence-corrected chi connectivity index (χ0v) is 17.4. The van der Waals surface area contributed by atoms with Crippen molar-refractivity contribution in [3.05, 3.63) is 58.7 Å². The van der Waals surface area contributed by atoms with Gasteiger partial charge in [0.1, 0.15) is 29.1 Å². The summed E-state index contributed by atoms with van der Waals surface area (Å²) in [6, 6.07) is 1.00. The molecule has 0 aliphatic heterocycles. The second kappa shape index (κ2) is 9.44. The summed E-state index contributed by atoms with van der Waals surface area (Å²) in [5.74, 6) is -1.42. The van der Waals surface area contributed by atoms with E-state index in [1.807, 2.05) is 0 Å². The highest BCUT2D eigenvalue weighted by molar-refractivity contribution is 14.1. The van der Waals surface area contributed by atoms with Crippen molar-refractivity contribution < 1.29 is 47.3 Å². The Morgan fingerprint density at radius 3 is 1.61 bits per heavy atom. The number of hydrogen-bond acceptors (Lipinski definition) is 4. The largest absolute Gasteiger partial charge is 0.451 e. The lowest BCUT2D eigenvalue weighted by Crippen LogP contribution is -2.16. The molecule has 0 N–H and O–H groups in total. The first-order valence-electron chi connectivity index (χ1n) is 8.15. The maximum Gasteiger partial charge on any atom is 0.451 e. The molecule has 0 fully saturated rings. The Hall–Kier alpha value is -1.68. The van der Waals surface area contributed by atoms with Gasteiger partial charge >= 0.3 is 18.5 Å². The summed E-state index contributed by atoms with van der Waals surface area (Å²) in [6.45, 7) is 0. The van der Waals surface area contributed by atoms with E-state index in [9.17, 15) is 39.5 Å². The second-order valence-electron chi connectivity index (χ2n) is 6.21. The predicted molar refractivity (Wildman–Crippen MR) is 95.7 cm³/mol. The summed E-state index contributed by atoms with van der Waals surface area (Å²) < 4.78 is 126. The molecule has 172 valence electrons. The van der Waals surface area contributed by atoms with Gasteiger partial charge in [-0.1, -0.05) is 0 Å². The highest BCUT2D eigenvalue weighted by atomic mass is 127. The molecule has 0 radical (unpaired) electrons. The van der Waals surface area contributed by atoms with E-state index in [0.29, 0.717) is 12.1 Å². The Balaban J connectivity index is 2.40. The van der Waals surface area contributed by atoms with Crippen LogP contribution in [-0.4, -0.2) is 17.1 Å². The highest BCUT2D eigenvalue weighted by Gasteiger charge is 2.38. The SMILES string of the molecule is COC(CC(OI)c1cnc(C(F)(F)F)nc1)c1cc(C(F)(F)F)cc(C(F)(F)F)c1. The van der Waals surface area contributed by atoms with Crippen molar-refractivity contribution in [3.8, 4) is 0 Å². The van der Waals surface area contributed by atoms with Crippen LogP contribution in [0.1, 0.15) is 46.7 Å². The number of hydrogen-bond donors (Lipinski definition) is 0. The highest BCUT2D eigenvalue weighted by Crippen LogP contribution is 2.40. The molecule has 14 heteroatoms. The Labute approximate surface area is 183 Å². The van der Waals surface area contributed by atoms with Gasteiger partial charge in [0.2, 0.25) is 5.82 Å². The third-order valence-corrected chi connectivity index (χ3v) is 4.71. The van der Waals surface area contributed by atoms with E-state index in [-0.39, 0.29) is 18.1 Å². The van der Waals surface area contributed by atoms with E-state index in [4.69, 9.17) is 7.80 Å². The van der Waals surface area contributed by atoms with Crippen LogP contribution in [-0.2, 0) is 26.3 Å². The van der Waals surface area contributed by atoms with E-state index < -0.39 is 53.3 Å². The number of rotatable bonds is 6. The van der Waals surface area contributed by atoms with E-state index in [2.05, 4.69) is 9.97 Å². The number of ether oxygens (including phenoxy) is 1. The van der Waals surface area contributed by atoms with Gasteiger partial charge in [-0.3, -0.25) is 0 Å². The van der Waals surface area contributed by atoms with Gasteiger partial charge in [0.25, 0.3) is 0 Å². The summed E-state index contributed by atoms with van der Waals surface area (Å²) in [5, 5.41) is 0. The van der Waals surface area contributed by atoms with Crippen LogP contribution in [0.5, 0.6) is 0 Å². The number of methoxy groups -OCH3 is 1. The molecule has 1 heterocycles. The van der Waals surface area contributed by atoms with Gasteiger partial charge in [0, 0.05) is 31.5 Å². The minimum atomic E-state index is -5.05. The van der Waals surface area contributed by atoms with Crippen molar-refractivity contribution in [2.75, 3.05) is 7.11 Å². The Morgan fingerprint density at radius 2 is 1.26 bits per heavy atom. The van der Waals surface area contributed by atoms with Crippen LogP contribution < -0.4 is 0 Å². The van der Waals surface area contributed by atoms with Crippen molar-refractivity contribution >= 4 is 23.0 Å². The molecule has 1 aromatic carbocycles. The fourth-order valence-electron chi connectivity index (χ4n) is 2.60. The molecule has 0 aliphatic carbocycles. The number of alkyl halides is 9. The van der Waals surface area contributed by atoms with Crippen LogP contribution in [0.15, 0.2) is 30.6 Å². The molecule has 2 aromatic rings. The summed E-state index contributed by atoms with van der Waals surface area (Å²) >= 11 is 1.39. The first kappa shape index (κ1) is 25.6. The predicted octanol–water partition coefficient (Wildman–Crippen LogP) is 6.72. The smallest absolute Gasteiger partial charge is 0.377 e. The lowest BCUT2D eigenvalue weighted by atomic mass is 9.96. The van der Waals surface area contributed by atoms with Gasteiger partial charge in [-0.25, -0.2) is 9.97 Å². The standard InChI is InChI=1S/C17H12F9IN2O2/c1-30-12(5-13(31-27)9-6-28-14(29-7-9)17(24,25)26)8-2-10(15(18,19)20)4-11(3-8)16(21,22)23/h2-4,6-7,12-13H,5H2,1H3. The van der Waals surface area contributed by atoms with Crippen LogP contribution in [0.3, 0.4) is 0 Å². The van der Waals surface area contributed by atoms with Crippen LogP contribution in [0, 0.1) is 0 Å². The van der Waals surface area contributed by atoms with Gasteiger partial charge in [0.15, 0.2) is 0 Å². The molecule has 31 heavy (non-hydrogen) atoms. The summed E-state index contributed by atoms with van der Waals surface area (Å²) in [5.41, 5.74) is -3.46. The quantitative estimate of drug-likeness (QED) is 0.284.